The molecule has 2 saturated heterocycles. The predicted octanol–water partition coefficient (Wildman–Crippen LogP) is 1.58. The van der Waals surface area contributed by atoms with E-state index >= 15 is 0 Å². The average molecular weight is 423 g/mol. The van der Waals surface area contributed by atoms with Crippen molar-refractivity contribution in [2.24, 2.45) is 11.7 Å². The maximum absolute atomic E-state index is 13.6. The molecule has 2 N–H and O–H groups in total. The van der Waals surface area contributed by atoms with Crippen molar-refractivity contribution in [1.29, 1.82) is 5.26 Å². The van der Waals surface area contributed by atoms with E-state index in [0.29, 0.717) is 42.8 Å². The molecule has 29 heavy (non-hydrogen) atoms. The van der Waals surface area contributed by atoms with E-state index in [1.807, 2.05) is 6.07 Å². The number of benzene rings is 1. The van der Waals surface area contributed by atoms with Crippen molar-refractivity contribution in [3.63, 3.8) is 0 Å². The number of amides is 1. The van der Waals surface area contributed by atoms with Gasteiger partial charge in [0.05, 0.1) is 23.6 Å². The Morgan fingerprint density at radius 1 is 1.34 bits per heavy atom. The van der Waals surface area contributed by atoms with Gasteiger partial charge < -0.3 is 10.6 Å². The van der Waals surface area contributed by atoms with Crippen LogP contribution >= 0.6 is 0 Å². The molecule has 2 aliphatic rings. The van der Waals surface area contributed by atoms with E-state index < -0.39 is 34.2 Å². The smallest absolute Gasteiger partial charge is 0.243 e. The van der Waals surface area contributed by atoms with Crippen molar-refractivity contribution in [3.8, 4) is 6.07 Å². The third-order valence-electron chi connectivity index (χ3n) is 5.87. The molecule has 1 amide bonds. The van der Waals surface area contributed by atoms with Crippen molar-refractivity contribution >= 4 is 15.9 Å². The maximum atomic E-state index is 13.6. The fourth-order valence-electron chi connectivity index (χ4n) is 4.19. The second-order valence-electron chi connectivity index (χ2n) is 7.92. The number of carbonyl (C=O) groups excluding carboxylic acids is 1. The van der Waals surface area contributed by atoms with Crippen LogP contribution in [-0.2, 0) is 14.8 Å². The van der Waals surface area contributed by atoms with Crippen LogP contribution in [-0.4, -0.2) is 61.4 Å². The highest BCUT2D eigenvalue weighted by atomic mass is 32.2. The Hall–Kier alpha value is -2.02. The number of hydrogen-bond donors (Lipinski definition) is 1. The van der Waals surface area contributed by atoms with Crippen molar-refractivity contribution in [2.45, 2.75) is 55.8 Å². The van der Waals surface area contributed by atoms with Crippen LogP contribution in [0.2, 0.25) is 0 Å². The molecule has 0 spiro atoms. The number of aryl methyl sites for hydroxylation is 1. The molecular formula is C20H27FN4O3S. The third-order valence-corrected chi connectivity index (χ3v) is 7.93. The zero-order valence-corrected chi connectivity index (χ0v) is 17.3. The molecule has 2 fully saturated rings. The highest BCUT2D eigenvalue weighted by Crippen LogP contribution is 2.28. The quantitative estimate of drug-likeness (QED) is 0.775. The molecule has 0 bridgehead atoms. The van der Waals surface area contributed by atoms with E-state index in [-0.39, 0.29) is 18.9 Å². The van der Waals surface area contributed by atoms with Crippen LogP contribution in [0.4, 0.5) is 4.39 Å². The first-order valence-corrected chi connectivity index (χ1v) is 11.3. The van der Waals surface area contributed by atoms with E-state index in [1.54, 1.807) is 31.2 Å². The van der Waals surface area contributed by atoms with Gasteiger partial charge in [-0.3, -0.25) is 4.79 Å². The van der Waals surface area contributed by atoms with Crippen molar-refractivity contribution in [3.05, 3.63) is 29.8 Å². The number of rotatable bonds is 5. The lowest BCUT2D eigenvalue weighted by molar-refractivity contribution is -0.133. The summed E-state index contributed by atoms with van der Waals surface area (Å²) in [6.07, 6.45) is 0.469. The van der Waals surface area contributed by atoms with E-state index in [1.165, 1.54) is 9.21 Å². The lowest BCUT2D eigenvalue weighted by atomic mass is 9.91. The van der Waals surface area contributed by atoms with Crippen molar-refractivity contribution in [2.75, 3.05) is 19.6 Å². The Balaban J connectivity index is 1.57. The number of sulfonamides is 1. The SMILES string of the molecule is Cc1ccccc1S(=O)(=O)N1CCC(C[C@H](N)C(=O)N2C[C@@H](F)C[C@H]2C#N)CC1. The lowest BCUT2D eigenvalue weighted by Gasteiger charge is -2.33. The van der Waals surface area contributed by atoms with Crippen LogP contribution in [0.3, 0.4) is 0 Å². The second kappa shape index (κ2) is 8.78. The van der Waals surface area contributed by atoms with E-state index in [0.717, 1.165) is 0 Å². The van der Waals surface area contributed by atoms with Crippen molar-refractivity contribution < 1.29 is 17.6 Å². The van der Waals surface area contributed by atoms with Crippen LogP contribution in [0.1, 0.15) is 31.2 Å². The number of likely N-dealkylation sites (tertiary alicyclic amines) is 1. The van der Waals surface area contributed by atoms with Gasteiger partial charge in [-0.15, -0.1) is 0 Å². The van der Waals surface area contributed by atoms with Gasteiger partial charge in [-0.25, -0.2) is 12.8 Å². The molecular weight excluding hydrogens is 395 g/mol. The molecule has 0 unspecified atom stereocenters. The largest absolute Gasteiger partial charge is 0.322 e. The Kier molecular flexibility index (Phi) is 6.56. The number of nitrogens with zero attached hydrogens (tertiary/aromatic N) is 3. The van der Waals surface area contributed by atoms with Gasteiger partial charge in [0.25, 0.3) is 0 Å². The zero-order chi connectivity index (χ0) is 21.2. The fraction of sp³-hybridized carbons (Fsp3) is 0.600. The minimum absolute atomic E-state index is 0.0319. The summed E-state index contributed by atoms with van der Waals surface area (Å²) >= 11 is 0. The summed E-state index contributed by atoms with van der Waals surface area (Å²) in [6, 6.07) is 7.31. The van der Waals surface area contributed by atoms with E-state index in [4.69, 9.17) is 11.0 Å². The molecule has 3 atom stereocenters. The van der Waals surface area contributed by atoms with Crippen LogP contribution < -0.4 is 5.73 Å². The molecule has 1 aromatic rings. The van der Waals surface area contributed by atoms with E-state index in [9.17, 15) is 17.6 Å². The Morgan fingerprint density at radius 2 is 2.00 bits per heavy atom. The molecule has 9 heteroatoms. The van der Waals surface area contributed by atoms with Gasteiger partial charge in [0.2, 0.25) is 15.9 Å². The van der Waals surface area contributed by atoms with Crippen molar-refractivity contribution in [1.82, 2.24) is 9.21 Å². The molecule has 1 aromatic carbocycles. The number of carbonyl (C=O) groups is 1. The Morgan fingerprint density at radius 3 is 2.62 bits per heavy atom. The van der Waals surface area contributed by atoms with Gasteiger partial charge in [0.1, 0.15) is 12.2 Å². The molecule has 3 rings (SSSR count). The van der Waals surface area contributed by atoms with Crippen LogP contribution in [0.15, 0.2) is 29.2 Å². The first kappa shape index (κ1) is 21.7. The summed E-state index contributed by atoms with van der Waals surface area (Å²) in [5.41, 5.74) is 6.78. The molecule has 0 aliphatic carbocycles. The van der Waals surface area contributed by atoms with Gasteiger partial charge in [0, 0.05) is 19.5 Å². The summed E-state index contributed by atoms with van der Waals surface area (Å²) in [6.45, 7) is 2.44. The molecule has 0 aromatic heterocycles. The van der Waals surface area contributed by atoms with Crippen LogP contribution in [0.25, 0.3) is 0 Å². The first-order chi connectivity index (χ1) is 13.7. The van der Waals surface area contributed by atoms with Crippen LogP contribution in [0.5, 0.6) is 0 Å². The number of alkyl halides is 1. The number of nitrogens with two attached hydrogens (primary N) is 1. The van der Waals surface area contributed by atoms with Crippen LogP contribution in [0, 0.1) is 24.2 Å². The molecule has 2 aliphatic heterocycles. The average Bonchev–Trinajstić information content (AvgIpc) is 3.08. The van der Waals surface area contributed by atoms with Gasteiger partial charge in [-0.05, 0) is 43.7 Å². The minimum atomic E-state index is -3.54. The first-order valence-electron chi connectivity index (χ1n) is 9.89. The van der Waals surface area contributed by atoms with Gasteiger partial charge in [-0.2, -0.15) is 9.57 Å². The summed E-state index contributed by atoms with van der Waals surface area (Å²) in [5.74, 6) is -0.284. The molecule has 0 radical (unpaired) electrons. The Labute approximate surface area is 171 Å². The topological polar surface area (TPSA) is 108 Å². The summed E-state index contributed by atoms with van der Waals surface area (Å²) in [4.78, 5) is 14.1. The molecule has 0 saturated carbocycles. The highest BCUT2D eigenvalue weighted by molar-refractivity contribution is 7.89. The second-order valence-corrected chi connectivity index (χ2v) is 9.83. The predicted molar refractivity (Wildman–Crippen MR) is 106 cm³/mol. The minimum Gasteiger partial charge on any atom is -0.322 e. The summed E-state index contributed by atoms with van der Waals surface area (Å²) in [7, 11) is -3.54. The monoisotopic (exact) mass is 422 g/mol. The summed E-state index contributed by atoms with van der Waals surface area (Å²) < 4.78 is 40.8. The number of halogens is 1. The molecule has 2 heterocycles. The number of hydrogen-bond acceptors (Lipinski definition) is 5. The maximum Gasteiger partial charge on any atom is 0.243 e. The van der Waals surface area contributed by atoms with E-state index in [2.05, 4.69) is 0 Å². The number of piperidine rings is 1. The lowest BCUT2D eigenvalue weighted by Crippen LogP contribution is -2.47. The standard InChI is InChI=1S/C20H27FN4O3S/c1-14-4-2-3-5-19(14)29(27,28)24-8-6-15(7-9-24)10-18(23)20(26)25-13-16(21)11-17(25)12-22/h2-5,15-18H,6-11,13,23H2,1H3/t16-,17-,18-/m0/s1. The Bertz CT molecular complexity index is 893. The highest BCUT2D eigenvalue weighted by Gasteiger charge is 2.38. The zero-order valence-electron chi connectivity index (χ0n) is 16.5. The summed E-state index contributed by atoms with van der Waals surface area (Å²) in [5, 5.41) is 9.11. The normalized spacial score (nSPS) is 25.0. The molecule has 158 valence electrons. The third kappa shape index (κ3) is 4.60. The fourth-order valence-corrected chi connectivity index (χ4v) is 5.89. The number of nitriles is 1. The van der Waals surface area contributed by atoms with Gasteiger partial charge >= 0.3 is 0 Å². The van der Waals surface area contributed by atoms with Gasteiger partial charge in [0.15, 0.2) is 0 Å². The molecule has 7 nitrogen and oxygen atoms in total. The van der Waals surface area contributed by atoms with Gasteiger partial charge in [-0.1, -0.05) is 18.2 Å².